The number of nitrogens with zero attached hydrogens (tertiary/aromatic N) is 2. The van der Waals surface area contributed by atoms with Crippen molar-refractivity contribution in [2.24, 2.45) is 0 Å². The number of nitrogen functional groups attached to an aromatic ring is 1. The van der Waals surface area contributed by atoms with Gasteiger partial charge in [-0.1, -0.05) is 21.1 Å². The van der Waals surface area contributed by atoms with Crippen molar-refractivity contribution in [3.63, 3.8) is 0 Å². The molecule has 2 N–H and O–H groups in total. The third-order valence-corrected chi connectivity index (χ3v) is 3.66. The maximum atomic E-state index is 12.4. The molecule has 0 saturated carbocycles. The van der Waals surface area contributed by atoms with E-state index in [0.717, 1.165) is 21.5 Å². The topological polar surface area (TPSA) is 72.4 Å². The molecule has 5 nitrogen and oxygen atoms in total. The molecule has 6 heteroatoms. The third-order valence-electron chi connectivity index (χ3n) is 3.17. The summed E-state index contributed by atoms with van der Waals surface area (Å²) < 4.78 is 5.95. The van der Waals surface area contributed by atoms with Gasteiger partial charge in [-0.3, -0.25) is 4.79 Å². The van der Waals surface area contributed by atoms with Gasteiger partial charge in [0.1, 0.15) is 5.76 Å². The molecule has 0 aliphatic carbocycles. The summed E-state index contributed by atoms with van der Waals surface area (Å²) in [6.07, 6.45) is 0. The van der Waals surface area contributed by atoms with Gasteiger partial charge in [0, 0.05) is 22.8 Å². The fourth-order valence-corrected chi connectivity index (χ4v) is 2.35. The van der Waals surface area contributed by atoms with Crippen molar-refractivity contribution in [1.29, 1.82) is 0 Å². The van der Waals surface area contributed by atoms with Gasteiger partial charge in [-0.05, 0) is 32.0 Å². The molecule has 0 aliphatic heterocycles. The Morgan fingerprint density at radius 1 is 1.45 bits per heavy atom. The van der Waals surface area contributed by atoms with Crippen LogP contribution in [0.25, 0.3) is 0 Å². The fourth-order valence-electron chi connectivity index (χ4n) is 1.97. The monoisotopic (exact) mass is 337 g/mol. The van der Waals surface area contributed by atoms with Crippen LogP contribution in [0.5, 0.6) is 0 Å². The molecule has 2 aromatic rings. The second-order valence-corrected chi connectivity index (χ2v) is 5.61. The van der Waals surface area contributed by atoms with Crippen molar-refractivity contribution in [2.75, 3.05) is 12.8 Å². The molecular weight excluding hydrogens is 322 g/mol. The van der Waals surface area contributed by atoms with E-state index in [2.05, 4.69) is 21.1 Å². The zero-order valence-corrected chi connectivity index (χ0v) is 13.2. The van der Waals surface area contributed by atoms with Crippen molar-refractivity contribution in [1.82, 2.24) is 10.1 Å². The summed E-state index contributed by atoms with van der Waals surface area (Å²) in [5, 5.41) is 3.89. The highest BCUT2D eigenvalue weighted by atomic mass is 79.9. The van der Waals surface area contributed by atoms with Crippen molar-refractivity contribution in [3.8, 4) is 0 Å². The summed E-state index contributed by atoms with van der Waals surface area (Å²) in [5.74, 6) is 0.598. The number of carbonyl (C=O) groups is 1. The molecule has 0 bridgehead atoms. The largest absolute Gasteiger partial charge is 0.398 e. The van der Waals surface area contributed by atoms with Crippen molar-refractivity contribution < 1.29 is 9.32 Å². The zero-order valence-electron chi connectivity index (χ0n) is 11.6. The lowest BCUT2D eigenvalue weighted by atomic mass is 10.1. The Labute approximate surface area is 125 Å². The molecule has 0 atom stereocenters. The van der Waals surface area contributed by atoms with Crippen LogP contribution in [0.15, 0.2) is 27.2 Å². The summed E-state index contributed by atoms with van der Waals surface area (Å²) in [6, 6.07) is 5.23. The van der Waals surface area contributed by atoms with Gasteiger partial charge in [0.2, 0.25) is 0 Å². The van der Waals surface area contributed by atoms with E-state index in [4.69, 9.17) is 10.3 Å². The minimum atomic E-state index is -0.130. The molecule has 0 saturated heterocycles. The molecule has 1 amide bonds. The lowest BCUT2D eigenvalue weighted by molar-refractivity contribution is 0.0785. The summed E-state index contributed by atoms with van der Waals surface area (Å²) in [5.41, 5.74) is 8.55. The van der Waals surface area contributed by atoms with Gasteiger partial charge in [-0.15, -0.1) is 0 Å². The van der Waals surface area contributed by atoms with E-state index >= 15 is 0 Å². The zero-order chi connectivity index (χ0) is 14.9. The van der Waals surface area contributed by atoms with Crippen LogP contribution in [-0.4, -0.2) is 23.0 Å². The molecule has 0 fully saturated rings. The fraction of sp³-hybridized carbons (Fsp3) is 0.286. The van der Waals surface area contributed by atoms with E-state index in [9.17, 15) is 4.79 Å². The van der Waals surface area contributed by atoms with E-state index in [-0.39, 0.29) is 5.91 Å². The number of hydrogen-bond acceptors (Lipinski definition) is 4. The Bertz CT molecular complexity index is 632. The van der Waals surface area contributed by atoms with E-state index in [1.54, 1.807) is 30.1 Å². The number of halogens is 1. The number of amides is 1. The summed E-state index contributed by atoms with van der Waals surface area (Å²) in [6.45, 7) is 4.13. The highest BCUT2D eigenvalue weighted by Crippen LogP contribution is 2.21. The Balaban J connectivity index is 2.21. The van der Waals surface area contributed by atoms with Crippen LogP contribution in [0.2, 0.25) is 0 Å². The maximum Gasteiger partial charge on any atom is 0.255 e. The molecular formula is C14H16BrN3O2. The lowest BCUT2D eigenvalue weighted by Gasteiger charge is -2.18. The Hall–Kier alpha value is -1.82. The minimum Gasteiger partial charge on any atom is -0.398 e. The molecule has 1 aromatic carbocycles. The van der Waals surface area contributed by atoms with Crippen LogP contribution in [0.4, 0.5) is 5.69 Å². The molecule has 2 rings (SSSR count). The predicted molar refractivity (Wildman–Crippen MR) is 80.3 cm³/mol. The smallest absolute Gasteiger partial charge is 0.255 e. The second-order valence-electron chi connectivity index (χ2n) is 4.70. The summed E-state index contributed by atoms with van der Waals surface area (Å²) in [7, 11) is 1.73. The van der Waals surface area contributed by atoms with E-state index in [0.29, 0.717) is 17.8 Å². The molecule has 0 spiro atoms. The number of benzene rings is 1. The van der Waals surface area contributed by atoms with Gasteiger partial charge < -0.3 is 15.2 Å². The van der Waals surface area contributed by atoms with Gasteiger partial charge in [0.15, 0.2) is 0 Å². The molecule has 106 valence electrons. The maximum absolute atomic E-state index is 12.4. The highest BCUT2D eigenvalue weighted by molar-refractivity contribution is 9.10. The Kier molecular flexibility index (Phi) is 4.13. The Morgan fingerprint density at radius 3 is 2.70 bits per heavy atom. The van der Waals surface area contributed by atoms with Crippen molar-refractivity contribution >= 4 is 27.5 Å². The first-order valence-electron chi connectivity index (χ1n) is 6.12. The summed E-state index contributed by atoms with van der Waals surface area (Å²) >= 11 is 3.32. The quantitative estimate of drug-likeness (QED) is 0.874. The Morgan fingerprint density at radius 2 is 2.15 bits per heavy atom. The highest BCUT2D eigenvalue weighted by Gasteiger charge is 2.18. The summed E-state index contributed by atoms with van der Waals surface area (Å²) in [4.78, 5) is 14.0. The van der Waals surface area contributed by atoms with Crippen LogP contribution in [-0.2, 0) is 6.54 Å². The van der Waals surface area contributed by atoms with Crippen LogP contribution in [0, 0.1) is 13.8 Å². The number of hydrogen-bond donors (Lipinski definition) is 1. The number of nitrogens with two attached hydrogens (primary N) is 1. The third kappa shape index (κ3) is 2.85. The lowest BCUT2D eigenvalue weighted by Crippen LogP contribution is -2.27. The van der Waals surface area contributed by atoms with E-state index < -0.39 is 0 Å². The number of anilines is 1. The van der Waals surface area contributed by atoms with Crippen molar-refractivity contribution in [2.45, 2.75) is 20.4 Å². The first kappa shape index (κ1) is 14.6. The number of aromatic nitrogens is 1. The van der Waals surface area contributed by atoms with Gasteiger partial charge in [0.25, 0.3) is 5.91 Å². The molecule has 1 aromatic heterocycles. The average molecular weight is 338 g/mol. The molecule has 0 radical (unpaired) electrons. The van der Waals surface area contributed by atoms with Gasteiger partial charge in [-0.2, -0.15) is 0 Å². The second kappa shape index (κ2) is 5.66. The van der Waals surface area contributed by atoms with Gasteiger partial charge >= 0.3 is 0 Å². The first-order valence-corrected chi connectivity index (χ1v) is 6.91. The van der Waals surface area contributed by atoms with Crippen LogP contribution in [0.3, 0.4) is 0 Å². The normalized spacial score (nSPS) is 10.6. The molecule has 20 heavy (non-hydrogen) atoms. The molecule has 0 unspecified atom stereocenters. The van der Waals surface area contributed by atoms with Gasteiger partial charge in [-0.25, -0.2) is 0 Å². The number of carbonyl (C=O) groups excluding carboxylic acids is 1. The van der Waals surface area contributed by atoms with Crippen LogP contribution >= 0.6 is 15.9 Å². The first-order chi connectivity index (χ1) is 9.40. The van der Waals surface area contributed by atoms with E-state index in [1.165, 1.54) is 0 Å². The number of rotatable bonds is 3. The minimum absolute atomic E-state index is 0.130. The standard InChI is InChI=1S/C14H16BrN3O2/c1-8-12(9(2)20-17-8)7-18(3)14(19)11-5-4-10(15)6-13(11)16/h4-6H,7,16H2,1-3H3. The molecule has 0 aliphatic rings. The van der Waals surface area contributed by atoms with E-state index in [1.807, 2.05) is 13.8 Å². The van der Waals surface area contributed by atoms with Gasteiger partial charge in [0.05, 0.1) is 17.8 Å². The molecule has 1 heterocycles. The van der Waals surface area contributed by atoms with Crippen molar-refractivity contribution in [3.05, 3.63) is 45.3 Å². The SMILES string of the molecule is Cc1noc(C)c1CN(C)C(=O)c1ccc(Br)cc1N. The van der Waals surface area contributed by atoms with Crippen LogP contribution in [0.1, 0.15) is 27.4 Å². The van der Waals surface area contributed by atoms with Crippen LogP contribution < -0.4 is 5.73 Å². The number of aryl methyl sites for hydroxylation is 2. The predicted octanol–water partition coefficient (Wildman–Crippen LogP) is 2.91. The average Bonchev–Trinajstić information content (AvgIpc) is 2.70.